The van der Waals surface area contributed by atoms with Gasteiger partial charge in [-0.25, -0.2) is 4.79 Å². The molecule has 0 aliphatic heterocycles. The van der Waals surface area contributed by atoms with Crippen LogP contribution in [0.1, 0.15) is 17.0 Å². The molecule has 0 bridgehead atoms. The molecule has 1 unspecified atom stereocenters. The Labute approximate surface area is 115 Å². The molecule has 2 amide bonds. The molecule has 0 radical (unpaired) electrons. The lowest BCUT2D eigenvalue weighted by molar-refractivity contribution is -0.148. The summed E-state index contributed by atoms with van der Waals surface area (Å²) in [5, 5.41) is 13.6. The van der Waals surface area contributed by atoms with E-state index in [-0.39, 0.29) is 31.2 Å². The Balaban J connectivity index is 2.20. The van der Waals surface area contributed by atoms with Gasteiger partial charge in [-0.3, -0.25) is 9.59 Å². The highest BCUT2D eigenvalue weighted by Crippen LogP contribution is 1.98. The third-order valence-corrected chi connectivity index (χ3v) is 2.43. The van der Waals surface area contributed by atoms with Gasteiger partial charge in [0.25, 0.3) is 5.91 Å². The Morgan fingerprint density at radius 2 is 2.15 bits per heavy atom. The van der Waals surface area contributed by atoms with Crippen molar-refractivity contribution in [1.29, 1.82) is 0 Å². The van der Waals surface area contributed by atoms with Gasteiger partial charge in [-0.1, -0.05) is 0 Å². The summed E-state index contributed by atoms with van der Waals surface area (Å²) in [7, 11) is 1.24. The number of aliphatic carboxylic acids is 1. The molecular weight excluding hydrogens is 268 g/mol. The van der Waals surface area contributed by atoms with Crippen molar-refractivity contribution in [3.8, 4) is 0 Å². The van der Waals surface area contributed by atoms with E-state index in [4.69, 9.17) is 9.52 Å². The van der Waals surface area contributed by atoms with Crippen LogP contribution in [0.5, 0.6) is 0 Å². The number of hydrogen-bond acceptors (Lipinski definition) is 5. The van der Waals surface area contributed by atoms with Gasteiger partial charge in [0.15, 0.2) is 11.9 Å². The zero-order valence-electron chi connectivity index (χ0n) is 10.9. The van der Waals surface area contributed by atoms with Gasteiger partial charge in [0.05, 0.1) is 12.8 Å². The maximum atomic E-state index is 11.5. The minimum atomic E-state index is -1.15. The van der Waals surface area contributed by atoms with Gasteiger partial charge in [-0.05, 0) is 12.1 Å². The molecule has 20 heavy (non-hydrogen) atoms. The Kier molecular flexibility index (Phi) is 6.24. The van der Waals surface area contributed by atoms with Gasteiger partial charge in [0, 0.05) is 20.1 Å². The summed E-state index contributed by atoms with van der Waals surface area (Å²) >= 11 is 0. The number of hydrogen-bond donors (Lipinski definition) is 3. The van der Waals surface area contributed by atoms with E-state index < -0.39 is 18.0 Å². The van der Waals surface area contributed by atoms with Crippen LogP contribution in [-0.2, 0) is 14.3 Å². The van der Waals surface area contributed by atoms with E-state index in [1.807, 2.05) is 0 Å². The molecule has 0 aliphatic rings. The van der Waals surface area contributed by atoms with E-state index in [9.17, 15) is 14.4 Å². The number of amides is 2. The van der Waals surface area contributed by atoms with Crippen molar-refractivity contribution >= 4 is 17.8 Å². The van der Waals surface area contributed by atoms with Crippen LogP contribution in [0.25, 0.3) is 0 Å². The van der Waals surface area contributed by atoms with Crippen molar-refractivity contribution in [2.75, 3.05) is 20.2 Å². The van der Waals surface area contributed by atoms with Crippen molar-refractivity contribution < 1.29 is 28.6 Å². The van der Waals surface area contributed by atoms with Crippen molar-refractivity contribution in [3.63, 3.8) is 0 Å². The predicted molar refractivity (Wildman–Crippen MR) is 67.1 cm³/mol. The minimum Gasteiger partial charge on any atom is -0.479 e. The Bertz CT molecular complexity index is 457. The molecule has 0 fully saturated rings. The van der Waals surface area contributed by atoms with Crippen molar-refractivity contribution in [1.82, 2.24) is 10.6 Å². The van der Waals surface area contributed by atoms with E-state index in [2.05, 4.69) is 15.4 Å². The van der Waals surface area contributed by atoms with Gasteiger partial charge in [0.2, 0.25) is 5.91 Å². The molecule has 0 aromatic carbocycles. The van der Waals surface area contributed by atoms with Gasteiger partial charge in [-0.2, -0.15) is 0 Å². The average molecular weight is 284 g/mol. The summed E-state index contributed by atoms with van der Waals surface area (Å²) in [4.78, 5) is 33.5. The zero-order chi connectivity index (χ0) is 15.0. The normalized spacial score (nSPS) is 11.7. The highest BCUT2D eigenvalue weighted by atomic mass is 16.5. The third-order valence-electron chi connectivity index (χ3n) is 2.43. The van der Waals surface area contributed by atoms with Gasteiger partial charge < -0.3 is 24.9 Å². The molecule has 3 N–H and O–H groups in total. The second kappa shape index (κ2) is 7.95. The zero-order valence-corrected chi connectivity index (χ0v) is 10.9. The number of rotatable bonds is 8. The Morgan fingerprint density at radius 3 is 2.70 bits per heavy atom. The fourth-order valence-electron chi connectivity index (χ4n) is 1.35. The van der Waals surface area contributed by atoms with E-state index in [1.54, 1.807) is 6.07 Å². The first-order chi connectivity index (χ1) is 9.54. The number of methoxy groups -OCH3 is 1. The van der Waals surface area contributed by atoms with Gasteiger partial charge >= 0.3 is 5.97 Å². The monoisotopic (exact) mass is 284 g/mol. The standard InChI is InChI=1S/C12H16N2O6/c1-19-9(12(17)18)7-14-10(15)4-5-13-11(16)8-3-2-6-20-8/h2-3,6,9H,4-5,7H2,1H3,(H,13,16)(H,14,15)(H,17,18). The van der Waals surface area contributed by atoms with Crippen molar-refractivity contribution in [2.45, 2.75) is 12.5 Å². The predicted octanol–water partition coefficient (Wildman–Crippen LogP) is -0.385. The first-order valence-electron chi connectivity index (χ1n) is 5.88. The highest BCUT2D eigenvalue weighted by molar-refractivity contribution is 5.91. The molecule has 8 heteroatoms. The lowest BCUT2D eigenvalue weighted by Gasteiger charge is -2.11. The van der Waals surface area contributed by atoms with Crippen LogP contribution in [0.3, 0.4) is 0 Å². The Hall–Kier alpha value is -2.35. The van der Waals surface area contributed by atoms with Crippen LogP contribution in [0, 0.1) is 0 Å². The number of carbonyl (C=O) groups is 3. The molecule has 1 aromatic rings. The Morgan fingerprint density at radius 1 is 1.40 bits per heavy atom. The summed E-state index contributed by atoms with van der Waals surface area (Å²) in [6, 6.07) is 3.09. The van der Waals surface area contributed by atoms with E-state index >= 15 is 0 Å². The molecule has 0 spiro atoms. The second-order valence-electron chi connectivity index (χ2n) is 3.85. The quantitative estimate of drug-likeness (QED) is 0.598. The van der Waals surface area contributed by atoms with Crippen LogP contribution in [0.2, 0.25) is 0 Å². The molecule has 1 rings (SSSR count). The van der Waals surface area contributed by atoms with Crippen LogP contribution < -0.4 is 10.6 Å². The summed E-state index contributed by atoms with van der Waals surface area (Å²) in [6.45, 7) is -0.00706. The van der Waals surface area contributed by atoms with Crippen LogP contribution in [-0.4, -0.2) is 49.2 Å². The third kappa shape index (κ3) is 5.11. The first-order valence-corrected chi connectivity index (χ1v) is 5.88. The van der Waals surface area contributed by atoms with E-state index in [0.717, 1.165) is 0 Å². The van der Waals surface area contributed by atoms with Crippen LogP contribution in [0.15, 0.2) is 22.8 Å². The van der Waals surface area contributed by atoms with Crippen LogP contribution in [0.4, 0.5) is 0 Å². The number of nitrogens with one attached hydrogen (secondary N) is 2. The molecule has 0 aliphatic carbocycles. The topological polar surface area (TPSA) is 118 Å². The summed E-state index contributed by atoms with van der Waals surface area (Å²) in [5.74, 6) is -1.79. The molecule has 8 nitrogen and oxygen atoms in total. The molecule has 0 saturated carbocycles. The summed E-state index contributed by atoms with van der Waals surface area (Å²) < 4.78 is 9.54. The van der Waals surface area contributed by atoms with Gasteiger partial charge in [-0.15, -0.1) is 0 Å². The lowest BCUT2D eigenvalue weighted by atomic mass is 10.3. The maximum absolute atomic E-state index is 11.5. The molecule has 1 atom stereocenters. The maximum Gasteiger partial charge on any atom is 0.334 e. The van der Waals surface area contributed by atoms with Gasteiger partial charge in [0.1, 0.15) is 0 Å². The van der Waals surface area contributed by atoms with Crippen LogP contribution >= 0.6 is 0 Å². The number of furan rings is 1. The second-order valence-corrected chi connectivity index (χ2v) is 3.85. The van der Waals surface area contributed by atoms with E-state index in [1.165, 1.54) is 19.4 Å². The summed E-state index contributed by atoms with van der Waals surface area (Å²) in [5.41, 5.74) is 0. The fourth-order valence-corrected chi connectivity index (χ4v) is 1.35. The smallest absolute Gasteiger partial charge is 0.334 e. The molecule has 1 heterocycles. The minimum absolute atomic E-state index is 0.0303. The lowest BCUT2D eigenvalue weighted by Crippen LogP contribution is -2.39. The number of carboxylic acid groups (broad SMARTS) is 1. The van der Waals surface area contributed by atoms with Crippen molar-refractivity contribution in [2.24, 2.45) is 0 Å². The number of ether oxygens (including phenoxy) is 1. The van der Waals surface area contributed by atoms with Crippen molar-refractivity contribution in [3.05, 3.63) is 24.2 Å². The summed E-state index contributed by atoms with van der Waals surface area (Å²) in [6.07, 6.45) is 0.317. The van der Waals surface area contributed by atoms with E-state index in [0.29, 0.717) is 0 Å². The highest BCUT2D eigenvalue weighted by Gasteiger charge is 2.17. The SMILES string of the molecule is COC(CNC(=O)CCNC(=O)c1ccco1)C(=O)O. The first kappa shape index (κ1) is 15.7. The number of carboxylic acids is 1. The average Bonchev–Trinajstić information content (AvgIpc) is 2.92. The molecular formula is C12H16N2O6. The fraction of sp³-hybridized carbons (Fsp3) is 0.417. The molecule has 110 valence electrons. The largest absolute Gasteiger partial charge is 0.479 e. The molecule has 0 saturated heterocycles. The molecule has 1 aromatic heterocycles. The number of carbonyl (C=O) groups excluding carboxylic acids is 2.